The number of benzene rings is 3. The van der Waals surface area contributed by atoms with Gasteiger partial charge in [-0.1, -0.05) is 24.3 Å². The van der Waals surface area contributed by atoms with Crippen molar-refractivity contribution in [2.24, 2.45) is 0 Å². The zero-order valence-electron chi connectivity index (χ0n) is 21.9. The Labute approximate surface area is 218 Å². The average Bonchev–Trinajstić information content (AvgIpc) is 2.93. The van der Waals surface area contributed by atoms with Gasteiger partial charge in [-0.25, -0.2) is 0 Å². The van der Waals surface area contributed by atoms with Gasteiger partial charge in [0.05, 0.1) is 14.2 Å². The molecule has 1 saturated heterocycles. The zero-order valence-corrected chi connectivity index (χ0v) is 21.9. The Bertz CT molecular complexity index is 1250. The second kappa shape index (κ2) is 11.8. The highest BCUT2D eigenvalue weighted by molar-refractivity contribution is 5.95. The number of piperidine rings is 1. The fraction of sp³-hybridized carbons (Fsp3) is 0.333. The molecule has 0 radical (unpaired) electrons. The number of rotatable bonds is 8. The highest BCUT2D eigenvalue weighted by Crippen LogP contribution is 2.31. The van der Waals surface area contributed by atoms with E-state index >= 15 is 0 Å². The lowest BCUT2D eigenvalue weighted by molar-refractivity contribution is -0.118. The number of hydrogen-bond acceptors (Lipinski definition) is 5. The quantitative estimate of drug-likeness (QED) is 0.449. The van der Waals surface area contributed by atoms with Gasteiger partial charge in [0.1, 0.15) is 5.75 Å². The molecule has 194 valence electrons. The van der Waals surface area contributed by atoms with Crippen LogP contribution in [0.1, 0.15) is 45.8 Å². The third-order valence-corrected chi connectivity index (χ3v) is 6.78. The number of carbonyl (C=O) groups is 2. The van der Waals surface area contributed by atoms with Crippen LogP contribution in [0.5, 0.6) is 17.2 Å². The van der Waals surface area contributed by atoms with Crippen LogP contribution in [0.2, 0.25) is 0 Å². The minimum absolute atomic E-state index is 0.000499. The van der Waals surface area contributed by atoms with Gasteiger partial charge in [0.2, 0.25) is 0 Å². The fourth-order valence-electron chi connectivity index (χ4n) is 4.61. The lowest BCUT2D eigenvalue weighted by Gasteiger charge is -2.32. The monoisotopic (exact) mass is 502 g/mol. The van der Waals surface area contributed by atoms with Gasteiger partial charge in [-0.15, -0.1) is 0 Å². The number of carbonyl (C=O) groups excluding carboxylic acids is 2. The number of aryl methyl sites for hydroxylation is 2. The normalized spacial score (nSPS) is 13.7. The van der Waals surface area contributed by atoms with Crippen LogP contribution in [0.25, 0.3) is 0 Å². The van der Waals surface area contributed by atoms with Crippen molar-refractivity contribution in [1.29, 1.82) is 0 Å². The summed E-state index contributed by atoms with van der Waals surface area (Å²) in [7, 11) is 3.14. The molecule has 37 heavy (non-hydrogen) atoms. The molecular weight excluding hydrogens is 468 g/mol. The van der Waals surface area contributed by atoms with Gasteiger partial charge in [-0.05, 0) is 85.7 Å². The predicted molar refractivity (Wildman–Crippen MR) is 144 cm³/mol. The van der Waals surface area contributed by atoms with Crippen LogP contribution in [-0.4, -0.2) is 50.6 Å². The summed E-state index contributed by atoms with van der Waals surface area (Å²) in [6, 6.07) is 19.2. The highest BCUT2D eigenvalue weighted by atomic mass is 16.5. The van der Waals surface area contributed by atoms with E-state index in [1.54, 1.807) is 32.4 Å². The molecule has 2 amide bonds. The zero-order chi connectivity index (χ0) is 26.4. The molecule has 0 spiro atoms. The van der Waals surface area contributed by atoms with E-state index in [1.807, 2.05) is 49.1 Å². The first kappa shape index (κ1) is 26.1. The van der Waals surface area contributed by atoms with Gasteiger partial charge in [-0.2, -0.15) is 0 Å². The Balaban J connectivity index is 1.28. The highest BCUT2D eigenvalue weighted by Gasteiger charge is 2.25. The molecule has 1 N–H and O–H groups in total. The van der Waals surface area contributed by atoms with Gasteiger partial charge < -0.3 is 24.4 Å². The Morgan fingerprint density at radius 1 is 0.865 bits per heavy atom. The minimum atomic E-state index is -0.198. The number of ether oxygens (including phenoxy) is 3. The van der Waals surface area contributed by atoms with Crippen molar-refractivity contribution in [3.05, 3.63) is 82.9 Å². The molecule has 0 saturated carbocycles. The topological polar surface area (TPSA) is 77.1 Å². The third kappa shape index (κ3) is 6.42. The maximum atomic E-state index is 13.0. The van der Waals surface area contributed by atoms with Crippen molar-refractivity contribution in [2.75, 3.05) is 39.2 Å². The molecule has 0 aliphatic carbocycles. The lowest BCUT2D eigenvalue weighted by Crippen LogP contribution is -2.37. The Morgan fingerprint density at radius 3 is 2.24 bits per heavy atom. The molecule has 1 fully saturated rings. The smallest absolute Gasteiger partial charge is 0.262 e. The number of amides is 2. The molecule has 7 nitrogen and oxygen atoms in total. The largest absolute Gasteiger partial charge is 0.493 e. The van der Waals surface area contributed by atoms with Crippen molar-refractivity contribution < 1.29 is 23.8 Å². The summed E-state index contributed by atoms with van der Waals surface area (Å²) in [6.07, 6.45) is 1.77. The number of methoxy groups -OCH3 is 2. The second-order valence-corrected chi connectivity index (χ2v) is 9.36. The van der Waals surface area contributed by atoms with E-state index in [4.69, 9.17) is 14.2 Å². The van der Waals surface area contributed by atoms with Crippen LogP contribution in [0, 0.1) is 13.8 Å². The standard InChI is InChI=1S/C30H34N2O5/c1-20-5-6-21(2)27(17-20)37-19-29(33)31-25-10-7-22(8-11-25)23-13-15-32(16-14-23)30(34)24-9-12-26(35-3)28(18-24)36-4/h5-12,17-18,23H,13-16,19H2,1-4H3,(H,31,33). The molecule has 0 aromatic heterocycles. The van der Waals surface area contributed by atoms with Crippen LogP contribution >= 0.6 is 0 Å². The summed E-state index contributed by atoms with van der Waals surface area (Å²) in [5, 5.41) is 2.90. The Morgan fingerprint density at radius 2 is 1.57 bits per heavy atom. The summed E-state index contributed by atoms with van der Waals surface area (Å²) in [5.41, 5.74) is 4.63. The molecule has 3 aromatic rings. The third-order valence-electron chi connectivity index (χ3n) is 6.78. The summed E-state index contributed by atoms with van der Waals surface area (Å²) < 4.78 is 16.3. The van der Waals surface area contributed by atoms with Crippen molar-refractivity contribution in [3.8, 4) is 17.2 Å². The van der Waals surface area contributed by atoms with Crippen molar-refractivity contribution in [1.82, 2.24) is 4.90 Å². The number of likely N-dealkylation sites (tertiary alicyclic amines) is 1. The Hall–Kier alpha value is -4.00. The molecule has 1 aliphatic heterocycles. The van der Waals surface area contributed by atoms with Crippen molar-refractivity contribution >= 4 is 17.5 Å². The maximum Gasteiger partial charge on any atom is 0.262 e. The van der Waals surface area contributed by atoms with Crippen LogP contribution < -0.4 is 19.5 Å². The Kier molecular flexibility index (Phi) is 8.33. The average molecular weight is 503 g/mol. The van der Waals surface area contributed by atoms with E-state index in [2.05, 4.69) is 17.4 Å². The van der Waals surface area contributed by atoms with Crippen LogP contribution in [0.4, 0.5) is 5.69 Å². The molecular formula is C30H34N2O5. The summed E-state index contributed by atoms with van der Waals surface area (Å²) in [5.74, 6) is 2.04. The van der Waals surface area contributed by atoms with E-state index in [0.29, 0.717) is 36.1 Å². The molecule has 0 atom stereocenters. The van der Waals surface area contributed by atoms with Gasteiger partial charge in [-0.3, -0.25) is 9.59 Å². The van der Waals surface area contributed by atoms with Crippen LogP contribution in [-0.2, 0) is 4.79 Å². The summed E-state index contributed by atoms with van der Waals surface area (Å²) in [4.78, 5) is 27.3. The molecule has 0 unspecified atom stereocenters. The summed E-state index contributed by atoms with van der Waals surface area (Å²) in [6.45, 7) is 5.28. The fourth-order valence-corrected chi connectivity index (χ4v) is 4.61. The van der Waals surface area contributed by atoms with E-state index in [0.717, 1.165) is 35.4 Å². The SMILES string of the molecule is COc1ccc(C(=O)N2CCC(c3ccc(NC(=O)COc4cc(C)ccc4C)cc3)CC2)cc1OC. The molecule has 1 aliphatic rings. The van der Waals surface area contributed by atoms with Gasteiger partial charge in [0, 0.05) is 24.3 Å². The molecule has 7 heteroatoms. The minimum Gasteiger partial charge on any atom is -0.493 e. The first-order valence-electron chi connectivity index (χ1n) is 12.5. The van der Waals surface area contributed by atoms with Crippen molar-refractivity contribution in [3.63, 3.8) is 0 Å². The molecule has 3 aromatic carbocycles. The van der Waals surface area contributed by atoms with Crippen LogP contribution in [0.15, 0.2) is 60.7 Å². The molecule has 4 rings (SSSR count). The lowest BCUT2D eigenvalue weighted by atomic mass is 9.89. The van der Waals surface area contributed by atoms with Crippen LogP contribution in [0.3, 0.4) is 0 Å². The number of nitrogens with one attached hydrogen (secondary N) is 1. The molecule has 1 heterocycles. The van der Waals surface area contributed by atoms with E-state index < -0.39 is 0 Å². The predicted octanol–water partition coefficient (Wildman–Crippen LogP) is 5.36. The van der Waals surface area contributed by atoms with E-state index in [-0.39, 0.29) is 18.4 Å². The van der Waals surface area contributed by atoms with Gasteiger partial charge in [0.15, 0.2) is 18.1 Å². The molecule has 0 bridgehead atoms. The first-order chi connectivity index (χ1) is 17.9. The van der Waals surface area contributed by atoms with Gasteiger partial charge in [0.25, 0.3) is 11.8 Å². The number of nitrogens with zero attached hydrogens (tertiary/aromatic N) is 1. The number of hydrogen-bond donors (Lipinski definition) is 1. The summed E-state index contributed by atoms with van der Waals surface area (Å²) >= 11 is 0. The van der Waals surface area contributed by atoms with E-state index in [9.17, 15) is 9.59 Å². The van der Waals surface area contributed by atoms with E-state index in [1.165, 1.54) is 5.56 Å². The van der Waals surface area contributed by atoms with Crippen molar-refractivity contribution in [2.45, 2.75) is 32.6 Å². The second-order valence-electron chi connectivity index (χ2n) is 9.36. The maximum absolute atomic E-state index is 13.0. The van der Waals surface area contributed by atoms with Gasteiger partial charge >= 0.3 is 0 Å². The first-order valence-corrected chi connectivity index (χ1v) is 12.5. The number of anilines is 1.